The lowest BCUT2D eigenvalue weighted by Gasteiger charge is -2.18. The first-order valence-corrected chi connectivity index (χ1v) is 11.5. The van der Waals surface area contributed by atoms with Crippen molar-refractivity contribution in [3.05, 3.63) is 107 Å². The highest BCUT2D eigenvalue weighted by Crippen LogP contribution is 2.39. The Bertz CT molecular complexity index is 1300. The molecule has 1 aromatic heterocycles. The van der Waals surface area contributed by atoms with E-state index in [1.165, 1.54) is 23.0 Å². The fourth-order valence-electron chi connectivity index (χ4n) is 4.61. The molecule has 0 N–H and O–H groups in total. The quantitative estimate of drug-likeness (QED) is 0.312. The van der Waals surface area contributed by atoms with Crippen LogP contribution in [0.3, 0.4) is 0 Å². The molecule has 0 atom stereocenters. The summed E-state index contributed by atoms with van der Waals surface area (Å²) in [4.78, 5) is 20.0. The number of fused-ring (bicyclic) bond motifs is 1. The third-order valence-electron chi connectivity index (χ3n) is 6.41. The molecule has 0 aliphatic heterocycles. The second kappa shape index (κ2) is 9.87. The summed E-state index contributed by atoms with van der Waals surface area (Å²) in [6, 6.07) is 18.6. The molecule has 0 bridgehead atoms. The Morgan fingerprint density at radius 2 is 1.65 bits per heavy atom. The van der Waals surface area contributed by atoms with Gasteiger partial charge in [0, 0.05) is 24.0 Å². The molecule has 0 fully saturated rings. The van der Waals surface area contributed by atoms with Gasteiger partial charge in [-0.2, -0.15) is 0 Å². The van der Waals surface area contributed by atoms with E-state index in [4.69, 9.17) is 9.47 Å². The molecular formula is C29H26N2O3. The molecule has 170 valence electrons. The standard InChI is InChI=1S/C29H26N2O3/c1-20-23(9-5-10-24(20)22-7-3-2-4-8-22)18-34-28-13-29(33-17-21-14-30-19-31-15-21)27(16-32)25-11-6-12-26(25)28/h2-5,7-10,13-16,19H,6,11-12,17-18H2,1H3. The van der Waals surface area contributed by atoms with Crippen LogP contribution in [0.25, 0.3) is 11.1 Å². The Balaban J connectivity index is 1.42. The zero-order valence-corrected chi connectivity index (χ0v) is 19.2. The molecular weight excluding hydrogens is 424 g/mol. The number of hydrogen-bond acceptors (Lipinski definition) is 5. The topological polar surface area (TPSA) is 61.3 Å². The minimum atomic E-state index is 0.290. The average Bonchev–Trinajstić information content (AvgIpc) is 3.38. The van der Waals surface area contributed by atoms with Crippen LogP contribution in [-0.4, -0.2) is 16.3 Å². The van der Waals surface area contributed by atoms with Gasteiger partial charge >= 0.3 is 0 Å². The average molecular weight is 451 g/mol. The second-order valence-electron chi connectivity index (χ2n) is 8.49. The predicted octanol–water partition coefficient (Wildman–Crippen LogP) is 5.91. The molecule has 0 spiro atoms. The SMILES string of the molecule is Cc1c(COc2cc(OCc3cncnc3)c(C=O)c3c2CCC3)cccc1-c1ccccc1. The number of benzene rings is 3. The fourth-order valence-corrected chi connectivity index (χ4v) is 4.61. The number of hydrogen-bond donors (Lipinski definition) is 0. The molecule has 3 aromatic carbocycles. The lowest BCUT2D eigenvalue weighted by atomic mass is 9.97. The molecule has 0 saturated carbocycles. The highest BCUT2D eigenvalue weighted by atomic mass is 16.5. The van der Waals surface area contributed by atoms with Crippen molar-refractivity contribution in [2.24, 2.45) is 0 Å². The Hall–Kier alpha value is -3.99. The van der Waals surface area contributed by atoms with Crippen LogP contribution in [0.2, 0.25) is 0 Å². The molecule has 0 saturated heterocycles. The number of aromatic nitrogens is 2. The summed E-state index contributed by atoms with van der Waals surface area (Å²) in [7, 11) is 0. The van der Waals surface area contributed by atoms with Gasteiger partial charge in [-0.05, 0) is 59.6 Å². The smallest absolute Gasteiger partial charge is 0.154 e. The molecule has 1 aliphatic carbocycles. The van der Waals surface area contributed by atoms with Crippen LogP contribution in [0.1, 0.15) is 44.6 Å². The number of carbonyl (C=O) groups is 1. The summed E-state index contributed by atoms with van der Waals surface area (Å²) in [5.74, 6) is 1.34. The van der Waals surface area contributed by atoms with E-state index in [0.717, 1.165) is 53.6 Å². The van der Waals surface area contributed by atoms with Crippen LogP contribution in [0.15, 0.2) is 73.3 Å². The van der Waals surface area contributed by atoms with Crippen LogP contribution < -0.4 is 9.47 Å². The van der Waals surface area contributed by atoms with Crippen molar-refractivity contribution in [2.75, 3.05) is 0 Å². The van der Waals surface area contributed by atoms with Gasteiger partial charge in [0.1, 0.15) is 31.0 Å². The van der Waals surface area contributed by atoms with Crippen molar-refractivity contribution in [2.45, 2.75) is 39.4 Å². The molecule has 1 aliphatic rings. The summed E-state index contributed by atoms with van der Waals surface area (Å²) < 4.78 is 12.4. The summed E-state index contributed by atoms with van der Waals surface area (Å²) in [5.41, 5.74) is 8.37. The first-order chi connectivity index (χ1) is 16.7. The zero-order chi connectivity index (χ0) is 23.3. The lowest BCUT2D eigenvalue weighted by molar-refractivity contribution is 0.111. The van der Waals surface area contributed by atoms with Gasteiger partial charge < -0.3 is 9.47 Å². The monoisotopic (exact) mass is 450 g/mol. The number of ether oxygens (including phenoxy) is 2. The van der Waals surface area contributed by atoms with Crippen LogP contribution in [0.5, 0.6) is 11.5 Å². The van der Waals surface area contributed by atoms with Crippen LogP contribution >= 0.6 is 0 Å². The van der Waals surface area contributed by atoms with Crippen LogP contribution in [0, 0.1) is 6.92 Å². The van der Waals surface area contributed by atoms with Gasteiger partial charge in [-0.25, -0.2) is 9.97 Å². The largest absolute Gasteiger partial charge is 0.488 e. The van der Waals surface area contributed by atoms with Gasteiger partial charge in [0.15, 0.2) is 6.29 Å². The van der Waals surface area contributed by atoms with E-state index in [9.17, 15) is 4.79 Å². The molecule has 5 rings (SSSR count). The maximum atomic E-state index is 12.0. The Kier molecular flexibility index (Phi) is 6.34. The van der Waals surface area contributed by atoms with Gasteiger partial charge in [-0.15, -0.1) is 0 Å². The normalized spacial score (nSPS) is 12.3. The van der Waals surface area contributed by atoms with Crippen LogP contribution in [-0.2, 0) is 26.1 Å². The summed E-state index contributed by atoms with van der Waals surface area (Å²) in [6.07, 6.45) is 8.57. The van der Waals surface area contributed by atoms with E-state index in [0.29, 0.717) is 17.9 Å². The molecule has 5 nitrogen and oxygen atoms in total. The molecule has 4 aromatic rings. The highest BCUT2D eigenvalue weighted by Gasteiger charge is 2.24. The predicted molar refractivity (Wildman–Crippen MR) is 131 cm³/mol. The number of carbonyl (C=O) groups excluding carboxylic acids is 1. The van der Waals surface area contributed by atoms with Gasteiger partial charge in [0.05, 0.1) is 5.56 Å². The molecule has 0 radical (unpaired) electrons. The molecule has 34 heavy (non-hydrogen) atoms. The van der Waals surface area contributed by atoms with Gasteiger partial charge in [-0.1, -0.05) is 48.5 Å². The molecule has 0 amide bonds. The lowest BCUT2D eigenvalue weighted by Crippen LogP contribution is -2.06. The van der Waals surface area contributed by atoms with Crippen molar-refractivity contribution in [3.63, 3.8) is 0 Å². The van der Waals surface area contributed by atoms with E-state index in [1.54, 1.807) is 12.4 Å². The summed E-state index contributed by atoms with van der Waals surface area (Å²) >= 11 is 0. The van der Waals surface area contributed by atoms with Crippen molar-refractivity contribution in [1.29, 1.82) is 0 Å². The van der Waals surface area contributed by atoms with Gasteiger partial charge in [-0.3, -0.25) is 4.79 Å². The summed E-state index contributed by atoms with van der Waals surface area (Å²) in [6.45, 7) is 2.88. The summed E-state index contributed by atoms with van der Waals surface area (Å²) in [5, 5.41) is 0. The number of aldehydes is 1. The number of rotatable bonds is 8. The van der Waals surface area contributed by atoms with E-state index in [2.05, 4.69) is 59.4 Å². The number of nitrogens with zero attached hydrogens (tertiary/aromatic N) is 2. The maximum Gasteiger partial charge on any atom is 0.154 e. The van der Waals surface area contributed by atoms with Crippen LogP contribution in [0.4, 0.5) is 0 Å². The Morgan fingerprint density at radius 3 is 2.44 bits per heavy atom. The van der Waals surface area contributed by atoms with Gasteiger partial charge in [0.25, 0.3) is 0 Å². The second-order valence-corrected chi connectivity index (χ2v) is 8.49. The van der Waals surface area contributed by atoms with E-state index >= 15 is 0 Å². The van der Waals surface area contributed by atoms with E-state index < -0.39 is 0 Å². The highest BCUT2D eigenvalue weighted by molar-refractivity contribution is 5.84. The Labute approximate surface area is 199 Å². The van der Waals surface area contributed by atoms with Gasteiger partial charge in [0.2, 0.25) is 0 Å². The molecule has 1 heterocycles. The van der Waals surface area contributed by atoms with E-state index in [-0.39, 0.29) is 6.61 Å². The third-order valence-corrected chi connectivity index (χ3v) is 6.41. The first-order valence-electron chi connectivity index (χ1n) is 11.5. The maximum absolute atomic E-state index is 12.0. The minimum Gasteiger partial charge on any atom is -0.488 e. The van der Waals surface area contributed by atoms with Crippen molar-refractivity contribution in [1.82, 2.24) is 9.97 Å². The molecule has 5 heteroatoms. The van der Waals surface area contributed by atoms with Crippen molar-refractivity contribution >= 4 is 6.29 Å². The molecule has 0 unspecified atom stereocenters. The minimum absolute atomic E-state index is 0.290. The third kappa shape index (κ3) is 4.42. The zero-order valence-electron chi connectivity index (χ0n) is 19.2. The Morgan fingerprint density at radius 1 is 0.882 bits per heavy atom. The van der Waals surface area contributed by atoms with Crippen molar-refractivity contribution in [3.8, 4) is 22.6 Å². The first kappa shape index (κ1) is 21.8. The van der Waals surface area contributed by atoms with E-state index in [1.807, 2.05) is 12.1 Å². The fraction of sp³-hybridized carbons (Fsp3) is 0.207. The van der Waals surface area contributed by atoms with Crippen molar-refractivity contribution < 1.29 is 14.3 Å².